The molecule has 0 heteroatoms. The van der Waals surface area contributed by atoms with Crippen LogP contribution in [-0.4, -0.2) is 0 Å². The van der Waals surface area contributed by atoms with Crippen LogP contribution in [0.15, 0.2) is 59.8 Å². The van der Waals surface area contributed by atoms with Gasteiger partial charge < -0.3 is 0 Å². The summed E-state index contributed by atoms with van der Waals surface area (Å²) in [5, 5.41) is 0. The van der Waals surface area contributed by atoms with Gasteiger partial charge in [0, 0.05) is 0 Å². The van der Waals surface area contributed by atoms with Crippen LogP contribution in [0.25, 0.3) is 0 Å². The Morgan fingerprint density at radius 3 is 3.00 bits per heavy atom. The molecule has 0 aliphatic heterocycles. The maximum Gasteiger partial charge on any atom is -0.0147 e. The summed E-state index contributed by atoms with van der Waals surface area (Å²) in [6.45, 7) is 6.37. The van der Waals surface area contributed by atoms with E-state index in [0.29, 0.717) is 5.92 Å². The Labute approximate surface area is 98.8 Å². The van der Waals surface area contributed by atoms with Crippen LogP contribution in [0.5, 0.6) is 0 Å². The summed E-state index contributed by atoms with van der Waals surface area (Å²) in [5.41, 5.74) is 4.26. The Bertz CT molecular complexity index is 388. The topological polar surface area (TPSA) is 0 Å². The van der Waals surface area contributed by atoms with Crippen LogP contribution in [0.4, 0.5) is 0 Å². The summed E-state index contributed by atoms with van der Waals surface area (Å²) < 4.78 is 0. The van der Waals surface area contributed by atoms with Gasteiger partial charge in [-0.1, -0.05) is 55.5 Å². The number of hydrogen-bond donors (Lipinski definition) is 0. The predicted molar refractivity (Wildman–Crippen MR) is 71.2 cm³/mol. The van der Waals surface area contributed by atoms with Gasteiger partial charge in [0.1, 0.15) is 0 Å². The van der Waals surface area contributed by atoms with E-state index in [4.69, 9.17) is 0 Å². The van der Waals surface area contributed by atoms with E-state index in [1.165, 1.54) is 36.0 Å². The molecule has 2 rings (SSSR count). The van der Waals surface area contributed by atoms with Gasteiger partial charge in [-0.25, -0.2) is 0 Å². The first-order valence-corrected chi connectivity index (χ1v) is 6.19. The van der Waals surface area contributed by atoms with Crippen molar-refractivity contribution in [2.75, 3.05) is 0 Å². The van der Waals surface area contributed by atoms with Crippen LogP contribution in [0.2, 0.25) is 0 Å². The average Bonchev–Trinajstić information content (AvgIpc) is 2.58. The molecule has 0 saturated heterocycles. The van der Waals surface area contributed by atoms with Crippen LogP contribution in [0, 0.1) is 5.92 Å². The van der Waals surface area contributed by atoms with Gasteiger partial charge >= 0.3 is 0 Å². The first kappa shape index (κ1) is 11.2. The maximum atomic E-state index is 4.07. The Hall–Kier alpha value is -1.30. The third kappa shape index (κ3) is 2.63. The molecule has 84 valence electrons. The molecule has 0 aromatic rings. The maximum absolute atomic E-state index is 4.07. The Morgan fingerprint density at radius 1 is 1.25 bits per heavy atom. The summed E-state index contributed by atoms with van der Waals surface area (Å²) in [5.74, 6) is 0.597. The second-order valence-electron chi connectivity index (χ2n) is 4.76. The molecule has 2 aliphatic rings. The lowest BCUT2D eigenvalue weighted by Gasteiger charge is -2.17. The third-order valence-corrected chi connectivity index (χ3v) is 3.33. The van der Waals surface area contributed by atoms with Gasteiger partial charge in [-0.3, -0.25) is 0 Å². The lowest BCUT2D eigenvalue weighted by atomic mass is 9.88. The van der Waals surface area contributed by atoms with Crippen LogP contribution in [-0.2, 0) is 0 Å². The van der Waals surface area contributed by atoms with E-state index in [1.807, 2.05) is 0 Å². The van der Waals surface area contributed by atoms with Crippen LogP contribution < -0.4 is 0 Å². The molecule has 0 aromatic carbocycles. The van der Waals surface area contributed by atoms with Crippen molar-refractivity contribution in [3.05, 3.63) is 59.8 Å². The van der Waals surface area contributed by atoms with Gasteiger partial charge in [-0.2, -0.15) is 0 Å². The molecular weight excluding hydrogens is 192 g/mol. The molecule has 0 spiro atoms. The van der Waals surface area contributed by atoms with E-state index < -0.39 is 0 Å². The van der Waals surface area contributed by atoms with Crippen molar-refractivity contribution in [3.8, 4) is 0 Å². The Kier molecular flexibility index (Phi) is 3.61. The Balaban J connectivity index is 2.22. The van der Waals surface area contributed by atoms with Crippen LogP contribution in [0.1, 0.15) is 32.6 Å². The van der Waals surface area contributed by atoms with Crippen molar-refractivity contribution in [1.82, 2.24) is 0 Å². The molecule has 0 amide bonds. The molecule has 0 heterocycles. The van der Waals surface area contributed by atoms with Crippen molar-refractivity contribution in [3.63, 3.8) is 0 Å². The highest BCUT2D eigenvalue weighted by Gasteiger charge is 2.15. The van der Waals surface area contributed by atoms with E-state index in [1.54, 1.807) is 0 Å². The summed E-state index contributed by atoms with van der Waals surface area (Å²) >= 11 is 0. The van der Waals surface area contributed by atoms with Crippen molar-refractivity contribution in [1.29, 1.82) is 0 Å². The molecular formula is C16H20. The van der Waals surface area contributed by atoms with Gasteiger partial charge in [0.25, 0.3) is 0 Å². The number of hydrogen-bond acceptors (Lipinski definition) is 0. The largest absolute Gasteiger partial charge is 0.0958 e. The SMILES string of the molecule is C=C1C=CC=C(C2=CC=CCCC2)C(C)C1. The lowest BCUT2D eigenvalue weighted by molar-refractivity contribution is 0.678. The minimum atomic E-state index is 0.597. The molecule has 1 unspecified atom stereocenters. The first-order chi connectivity index (χ1) is 7.77. The van der Waals surface area contributed by atoms with E-state index in [-0.39, 0.29) is 0 Å². The second-order valence-corrected chi connectivity index (χ2v) is 4.76. The van der Waals surface area contributed by atoms with Gasteiger partial charge in [0.2, 0.25) is 0 Å². The van der Waals surface area contributed by atoms with Gasteiger partial charge in [-0.15, -0.1) is 0 Å². The van der Waals surface area contributed by atoms with Gasteiger partial charge in [-0.05, 0) is 42.7 Å². The summed E-state index contributed by atoms with van der Waals surface area (Å²) in [6, 6.07) is 0. The molecule has 0 radical (unpaired) electrons. The number of rotatable bonds is 1. The van der Waals surface area contributed by atoms with Crippen molar-refractivity contribution in [2.24, 2.45) is 5.92 Å². The van der Waals surface area contributed by atoms with Gasteiger partial charge in [0.05, 0.1) is 0 Å². The van der Waals surface area contributed by atoms with Crippen molar-refractivity contribution in [2.45, 2.75) is 32.6 Å². The minimum absolute atomic E-state index is 0.597. The zero-order valence-corrected chi connectivity index (χ0v) is 10.1. The highest BCUT2D eigenvalue weighted by molar-refractivity contribution is 5.41. The molecule has 16 heavy (non-hydrogen) atoms. The van der Waals surface area contributed by atoms with Crippen LogP contribution in [0.3, 0.4) is 0 Å². The molecule has 2 aliphatic carbocycles. The molecule has 0 nitrogen and oxygen atoms in total. The van der Waals surface area contributed by atoms with E-state index in [0.717, 1.165) is 6.42 Å². The molecule has 1 atom stereocenters. The summed E-state index contributed by atoms with van der Waals surface area (Å²) in [7, 11) is 0. The normalized spacial score (nSPS) is 25.8. The quantitative estimate of drug-likeness (QED) is 0.589. The zero-order valence-electron chi connectivity index (χ0n) is 10.1. The fourth-order valence-corrected chi connectivity index (χ4v) is 2.46. The lowest BCUT2D eigenvalue weighted by Crippen LogP contribution is -2.02. The standard InChI is InChI=1S/C16H20/c1-13-8-7-11-16(14(2)12-13)15-9-5-3-4-6-10-15/h3,5,7-9,11,14H,1,4,6,10,12H2,2H3. The highest BCUT2D eigenvalue weighted by atomic mass is 14.2. The second kappa shape index (κ2) is 5.16. The molecule has 0 aromatic heterocycles. The summed E-state index contributed by atoms with van der Waals surface area (Å²) in [4.78, 5) is 0. The third-order valence-electron chi connectivity index (χ3n) is 3.33. The molecule has 0 fully saturated rings. The fourth-order valence-electron chi connectivity index (χ4n) is 2.46. The van der Waals surface area contributed by atoms with E-state index in [2.05, 4.69) is 50.0 Å². The van der Waals surface area contributed by atoms with E-state index >= 15 is 0 Å². The smallest absolute Gasteiger partial charge is 0.0147 e. The molecule has 0 saturated carbocycles. The fraction of sp³-hybridized carbons (Fsp3) is 0.375. The van der Waals surface area contributed by atoms with Crippen molar-refractivity contribution < 1.29 is 0 Å². The summed E-state index contributed by atoms with van der Waals surface area (Å²) in [6.07, 6.45) is 18.1. The zero-order chi connectivity index (χ0) is 11.4. The first-order valence-electron chi connectivity index (χ1n) is 6.19. The Morgan fingerprint density at radius 2 is 2.12 bits per heavy atom. The van der Waals surface area contributed by atoms with E-state index in [9.17, 15) is 0 Å². The van der Waals surface area contributed by atoms with Gasteiger partial charge in [0.15, 0.2) is 0 Å². The monoisotopic (exact) mass is 212 g/mol. The highest BCUT2D eigenvalue weighted by Crippen LogP contribution is 2.31. The molecule has 0 bridgehead atoms. The van der Waals surface area contributed by atoms with Crippen molar-refractivity contribution >= 4 is 0 Å². The average molecular weight is 212 g/mol. The molecule has 0 N–H and O–H groups in total. The predicted octanol–water partition coefficient (Wildman–Crippen LogP) is 4.73. The number of allylic oxidation sites excluding steroid dienone is 9. The minimum Gasteiger partial charge on any atom is -0.0958 e. The van der Waals surface area contributed by atoms with Crippen LogP contribution >= 0.6 is 0 Å².